The molecule has 158 valence electrons. The second kappa shape index (κ2) is 8.79. The van der Waals surface area contributed by atoms with E-state index in [4.69, 9.17) is 5.73 Å². The zero-order chi connectivity index (χ0) is 21.1. The maximum absolute atomic E-state index is 13.2. The van der Waals surface area contributed by atoms with E-state index in [0.717, 1.165) is 37.3 Å². The first kappa shape index (κ1) is 21.1. The number of benzene rings is 1. The molecule has 3 rings (SSSR count). The van der Waals surface area contributed by atoms with Gasteiger partial charge in [0.1, 0.15) is 17.7 Å². The largest absolute Gasteiger partial charge is 0.397 e. The number of imidazole rings is 1. The van der Waals surface area contributed by atoms with Crippen molar-refractivity contribution in [3.05, 3.63) is 41.7 Å². The summed E-state index contributed by atoms with van der Waals surface area (Å²) in [7, 11) is 1.72. The van der Waals surface area contributed by atoms with Crippen molar-refractivity contribution in [2.24, 2.45) is 13.0 Å². The van der Waals surface area contributed by atoms with E-state index in [1.807, 2.05) is 6.92 Å². The third kappa shape index (κ3) is 4.68. The van der Waals surface area contributed by atoms with Crippen LogP contribution in [0.25, 0.3) is 0 Å². The number of aliphatic hydroxyl groups is 2. The van der Waals surface area contributed by atoms with Gasteiger partial charge < -0.3 is 30.7 Å². The topological polar surface area (TPSA) is 117 Å². The van der Waals surface area contributed by atoms with Gasteiger partial charge in [0, 0.05) is 38.6 Å². The summed E-state index contributed by atoms with van der Waals surface area (Å²) in [5.74, 6) is -0.486. The van der Waals surface area contributed by atoms with Crippen molar-refractivity contribution < 1.29 is 19.4 Å². The Kier molecular flexibility index (Phi) is 6.39. The number of aromatic nitrogens is 2. The molecule has 1 aliphatic rings. The van der Waals surface area contributed by atoms with E-state index in [9.17, 15) is 19.4 Å². The Balaban J connectivity index is 1.48. The second-order valence-electron chi connectivity index (χ2n) is 7.59. The van der Waals surface area contributed by atoms with Crippen LogP contribution in [0.4, 0.5) is 15.8 Å². The van der Waals surface area contributed by atoms with Crippen molar-refractivity contribution in [1.29, 1.82) is 0 Å². The van der Waals surface area contributed by atoms with Crippen LogP contribution in [0.2, 0.25) is 0 Å². The molecule has 1 fully saturated rings. The molecule has 2 aromatic rings. The number of hydrogen-bond donors (Lipinski definition) is 4. The Morgan fingerprint density at radius 1 is 1.38 bits per heavy atom. The van der Waals surface area contributed by atoms with Gasteiger partial charge in [-0.05, 0) is 43.9 Å². The number of anilines is 2. The van der Waals surface area contributed by atoms with Crippen molar-refractivity contribution in [3.63, 3.8) is 0 Å². The van der Waals surface area contributed by atoms with E-state index >= 15 is 0 Å². The molecule has 0 spiro atoms. The summed E-state index contributed by atoms with van der Waals surface area (Å²) in [6.07, 6.45) is 0.250. The van der Waals surface area contributed by atoms with Crippen LogP contribution in [-0.2, 0) is 11.8 Å². The number of nitrogen functional groups attached to an aromatic ring is 1. The number of carbonyl (C=O) groups excluding carboxylic acids is 1. The Labute approximate surface area is 169 Å². The van der Waals surface area contributed by atoms with Gasteiger partial charge in [-0.25, -0.2) is 9.37 Å². The van der Waals surface area contributed by atoms with E-state index < -0.39 is 18.1 Å². The van der Waals surface area contributed by atoms with Crippen molar-refractivity contribution in [3.8, 4) is 0 Å². The highest BCUT2D eigenvalue weighted by Crippen LogP contribution is 2.28. The fourth-order valence-electron chi connectivity index (χ4n) is 3.61. The predicted molar refractivity (Wildman–Crippen MR) is 108 cm³/mol. The normalized spacial score (nSPS) is 17.2. The molecule has 0 unspecified atom stereocenters. The van der Waals surface area contributed by atoms with Gasteiger partial charge in [0.15, 0.2) is 6.10 Å². The summed E-state index contributed by atoms with van der Waals surface area (Å²) < 4.78 is 14.9. The van der Waals surface area contributed by atoms with E-state index in [-0.39, 0.29) is 17.6 Å². The fraction of sp³-hybridized carbons (Fsp3) is 0.500. The molecule has 1 aromatic carbocycles. The number of nitrogens with zero attached hydrogens (tertiary/aromatic N) is 3. The van der Waals surface area contributed by atoms with Crippen LogP contribution >= 0.6 is 0 Å². The van der Waals surface area contributed by atoms with Crippen molar-refractivity contribution in [2.45, 2.75) is 32.0 Å². The molecule has 1 aliphatic heterocycles. The first-order chi connectivity index (χ1) is 13.8. The van der Waals surface area contributed by atoms with Crippen molar-refractivity contribution >= 4 is 17.3 Å². The molecule has 1 aromatic heterocycles. The maximum Gasteiger partial charge on any atom is 0.252 e. The van der Waals surface area contributed by atoms with Crippen LogP contribution in [0.15, 0.2) is 24.4 Å². The third-order valence-electron chi connectivity index (χ3n) is 5.60. The molecular formula is C20H28FN5O3. The summed E-state index contributed by atoms with van der Waals surface area (Å²) in [6, 6.07) is 4.40. The van der Waals surface area contributed by atoms with Gasteiger partial charge in [-0.3, -0.25) is 4.79 Å². The molecule has 0 saturated carbocycles. The number of piperidine rings is 1. The number of carbonyl (C=O) groups is 1. The number of aliphatic hydroxyl groups excluding tert-OH is 2. The van der Waals surface area contributed by atoms with Crippen LogP contribution < -0.4 is 16.0 Å². The van der Waals surface area contributed by atoms with Crippen LogP contribution in [0.3, 0.4) is 0 Å². The van der Waals surface area contributed by atoms with E-state index in [2.05, 4.69) is 15.2 Å². The Morgan fingerprint density at radius 3 is 2.66 bits per heavy atom. The van der Waals surface area contributed by atoms with Gasteiger partial charge in [-0.2, -0.15) is 0 Å². The summed E-state index contributed by atoms with van der Waals surface area (Å²) in [5, 5.41) is 23.2. The minimum atomic E-state index is -1.59. The van der Waals surface area contributed by atoms with Gasteiger partial charge in [0.25, 0.3) is 5.91 Å². The zero-order valence-electron chi connectivity index (χ0n) is 16.7. The van der Waals surface area contributed by atoms with E-state index in [0.29, 0.717) is 12.2 Å². The minimum Gasteiger partial charge on any atom is -0.397 e. The van der Waals surface area contributed by atoms with Crippen molar-refractivity contribution in [1.82, 2.24) is 14.9 Å². The van der Waals surface area contributed by atoms with Gasteiger partial charge in [0.2, 0.25) is 0 Å². The van der Waals surface area contributed by atoms with Gasteiger partial charge in [0.05, 0.1) is 11.4 Å². The Bertz CT molecular complexity index is 864. The molecule has 0 aliphatic carbocycles. The lowest BCUT2D eigenvalue weighted by atomic mass is 9.96. The van der Waals surface area contributed by atoms with Crippen molar-refractivity contribution in [2.75, 3.05) is 30.3 Å². The first-order valence-electron chi connectivity index (χ1n) is 9.70. The summed E-state index contributed by atoms with van der Waals surface area (Å²) >= 11 is 0. The number of halogens is 1. The number of nitrogens with one attached hydrogen (secondary N) is 1. The lowest BCUT2D eigenvalue weighted by Gasteiger charge is -2.34. The molecule has 9 heteroatoms. The average Bonchev–Trinajstić information content (AvgIpc) is 3.04. The average molecular weight is 405 g/mol. The maximum atomic E-state index is 13.2. The summed E-state index contributed by atoms with van der Waals surface area (Å²) in [6.45, 7) is 3.72. The molecule has 1 saturated heterocycles. The molecule has 0 bridgehead atoms. The lowest BCUT2D eigenvalue weighted by Crippen LogP contribution is -2.43. The monoisotopic (exact) mass is 405 g/mol. The molecule has 2 heterocycles. The minimum absolute atomic E-state index is 0.246. The Hall–Kier alpha value is -2.65. The van der Waals surface area contributed by atoms with Crippen LogP contribution in [0.1, 0.15) is 30.5 Å². The molecule has 29 heavy (non-hydrogen) atoms. The number of amides is 1. The fourth-order valence-corrected chi connectivity index (χ4v) is 3.61. The van der Waals surface area contributed by atoms with Gasteiger partial charge in [-0.1, -0.05) is 0 Å². The standard InChI is InChI=1S/C20H28FN5O3/c1-12-10-23-19(25(12)2)17(27)18(28)20(29)24-11-13-5-7-26(8-6-13)16-4-3-14(21)9-15(16)22/h3-4,9-10,13,17-18,27-28H,5-8,11,22H2,1-2H3,(H,24,29)/t17-,18-/m1/s1. The van der Waals surface area contributed by atoms with E-state index in [1.54, 1.807) is 23.9 Å². The smallest absolute Gasteiger partial charge is 0.252 e. The first-order valence-corrected chi connectivity index (χ1v) is 9.70. The third-order valence-corrected chi connectivity index (χ3v) is 5.60. The number of hydrogen-bond acceptors (Lipinski definition) is 6. The highest BCUT2D eigenvalue weighted by molar-refractivity contribution is 5.81. The number of rotatable bonds is 6. The molecule has 8 nitrogen and oxygen atoms in total. The van der Waals surface area contributed by atoms with Crippen LogP contribution in [0.5, 0.6) is 0 Å². The second-order valence-corrected chi connectivity index (χ2v) is 7.59. The van der Waals surface area contributed by atoms with Gasteiger partial charge in [-0.15, -0.1) is 0 Å². The molecule has 5 N–H and O–H groups in total. The number of nitrogens with two attached hydrogens (primary N) is 1. The lowest BCUT2D eigenvalue weighted by molar-refractivity contribution is -0.136. The summed E-state index contributed by atoms with van der Waals surface area (Å²) in [5.41, 5.74) is 7.96. The number of aryl methyl sites for hydroxylation is 1. The summed E-state index contributed by atoms with van der Waals surface area (Å²) in [4.78, 5) is 18.4. The Morgan fingerprint density at radius 2 is 2.07 bits per heavy atom. The SMILES string of the molecule is Cc1cnc([C@H](O)[C@@H](O)C(=O)NCC2CCN(c3ccc(F)cc3N)CC2)n1C. The van der Waals surface area contributed by atoms with E-state index in [1.165, 1.54) is 12.1 Å². The zero-order valence-corrected chi connectivity index (χ0v) is 16.7. The molecular weight excluding hydrogens is 377 g/mol. The molecule has 0 radical (unpaired) electrons. The highest BCUT2D eigenvalue weighted by atomic mass is 19.1. The van der Waals surface area contributed by atoms with Crippen LogP contribution in [-0.4, -0.2) is 51.4 Å². The predicted octanol–water partition coefficient (Wildman–Crippen LogP) is 0.877. The van der Waals surface area contributed by atoms with Crippen LogP contribution in [0, 0.1) is 18.7 Å². The molecule has 1 amide bonds. The highest BCUT2D eigenvalue weighted by Gasteiger charge is 2.30. The van der Waals surface area contributed by atoms with Gasteiger partial charge >= 0.3 is 0 Å². The molecule has 2 atom stereocenters. The quantitative estimate of drug-likeness (QED) is 0.530.